The van der Waals surface area contributed by atoms with E-state index in [0.717, 1.165) is 0 Å². The molecule has 0 heterocycles. The van der Waals surface area contributed by atoms with Gasteiger partial charge in [0.1, 0.15) is 0 Å². The second-order valence-electron chi connectivity index (χ2n) is 5.61. The molecule has 1 aliphatic rings. The first kappa shape index (κ1) is 24.8. The van der Waals surface area contributed by atoms with Crippen molar-refractivity contribution in [1.82, 2.24) is 0 Å². The fourth-order valence-corrected chi connectivity index (χ4v) is 1.95. The summed E-state index contributed by atoms with van der Waals surface area (Å²) in [7, 11) is 0. The summed E-state index contributed by atoms with van der Waals surface area (Å²) in [6.07, 6.45) is -4.80. The quantitative estimate of drug-likeness (QED) is 0.380. The van der Waals surface area contributed by atoms with Gasteiger partial charge in [-0.1, -0.05) is 0 Å². The molecule has 0 radical (unpaired) electrons. The molecule has 1 rings (SSSR count). The lowest BCUT2D eigenvalue weighted by molar-refractivity contribution is -0.476. The molecule has 0 aliphatic heterocycles. The Bertz CT molecular complexity index is 574. The zero-order valence-electron chi connectivity index (χ0n) is 12.0. The first-order chi connectivity index (χ1) is 11.7. The standard InChI is InChI=1S/C10H2F18/c11-2(12)1-3(13,14)5(17,18)7(21,22)9(25,26)10(27,28)8(23,24)6(19,20)4(2,15)16/h1H2. The fourth-order valence-electron chi connectivity index (χ4n) is 1.95. The van der Waals surface area contributed by atoms with Gasteiger partial charge in [-0.05, 0) is 0 Å². The molecule has 0 saturated heterocycles. The van der Waals surface area contributed by atoms with Gasteiger partial charge >= 0.3 is 53.3 Å². The van der Waals surface area contributed by atoms with Crippen LogP contribution in [0.1, 0.15) is 6.42 Å². The Morgan fingerprint density at radius 2 is 0.393 bits per heavy atom. The van der Waals surface area contributed by atoms with Crippen LogP contribution in [0.25, 0.3) is 0 Å². The highest BCUT2D eigenvalue weighted by Crippen LogP contribution is 2.67. The van der Waals surface area contributed by atoms with Gasteiger partial charge in [0.25, 0.3) is 0 Å². The van der Waals surface area contributed by atoms with Crippen molar-refractivity contribution in [2.45, 2.75) is 59.7 Å². The van der Waals surface area contributed by atoms with Gasteiger partial charge in [0.2, 0.25) is 0 Å². The van der Waals surface area contributed by atoms with Crippen LogP contribution in [0.5, 0.6) is 0 Å². The molecule has 1 fully saturated rings. The van der Waals surface area contributed by atoms with Gasteiger partial charge < -0.3 is 0 Å². The van der Waals surface area contributed by atoms with Crippen molar-refractivity contribution < 1.29 is 79.0 Å². The van der Waals surface area contributed by atoms with Crippen molar-refractivity contribution in [3.63, 3.8) is 0 Å². The average Bonchev–Trinajstić information content (AvgIpc) is 2.43. The van der Waals surface area contributed by atoms with Crippen molar-refractivity contribution in [3.05, 3.63) is 0 Å². The Labute approximate surface area is 140 Å². The molecular weight excluding hydrogens is 462 g/mol. The van der Waals surface area contributed by atoms with Crippen LogP contribution in [-0.4, -0.2) is 53.3 Å². The second-order valence-corrected chi connectivity index (χ2v) is 5.61. The lowest BCUT2D eigenvalue weighted by Crippen LogP contribution is -2.78. The summed E-state index contributed by atoms with van der Waals surface area (Å²) in [5.41, 5.74) is 0. The second kappa shape index (κ2) is 5.46. The highest BCUT2D eigenvalue weighted by molar-refractivity contribution is 5.19. The molecule has 0 aromatic carbocycles. The Balaban J connectivity index is 4.12. The van der Waals surface area contributed by atoms with E-state index in [2.05, 4.69) is 0 Å². The summed E-state index contributed by atoms with van der Waals surface area (Å²) >= 11 is 0. The third kappa shape index (κ3) is 2.37. The molecule has 18 heteroatoms. The number of rotatable bonds is 0. The van der Waals surface area contributed by atoms with E-state index in [1.807, 2.05) is 0 Å². The van der Waals surface area contributed by atoms with Crippen LogP contribution in [0.2, 0.25) is 0 Å². The minimum absolute atomic E-state index is 4.80. The molecule has 0 aromatic rings. The van der Waals surface area contributed by atoms with Gasteiger partial charge in [0, 0.05) is 0 Å². The van der Waals surface area contributed by atoms with Crippen molar-refractivity contribution in [2.24, 2.45) is 0 Å². The summed E-state index contributed by atoms with van der Waals surface area (Å²) in [5, 5.41) is 0. The first-order valence-corrected chi connectivity index (χ1v) is 6.11. The molecule has 0 unspecified atom stereocenters. The molecule has 28 heavy (non-hydrogen) atoms. The normalized spacial score (nSPS) is 33.6. The van der Waals surface area contributed by atoms with Gasteiger partial charge in [-0.3, -0.25) is 0 Å². The van der Waals surface area contributed by atoms with Gasteiger partial charge in [0.05, 0.1) is 6.42 Å². The fraction of sp³-hybridized carbons (Fsp3) is 1.00. The summed E-state index contributed by atoms with van der Waals surface area (Å²) in [6, 6.07) is 0. The van der Waals surface area contributed by atoms with E-state index in [1.54, 1.807) is 0 Å². The maximum Gasteiger partial charge on any atom is 0.385 e. The maximum absolute atomic E-state index is 13.1. The third-order valence-corrected chi connectivity index (χ3v) is 3.73. The predicted molar refractivity (Wildman–Crippen MR) is 49.1 cm³/mol. The van der Waals surface area contributed by atoms with Gasteiger partial charge in [0.15, 0.2) is 0 Å². The smallest absolute Gasteiger partial charge is 0.199 e. The molecule has 0 bridgehead atoms. The summed E-state index contributed by atoms with van der Waals surface area (Å²) in [5.74, 6) is -73.7. The molecule has 0 spiro atoms. The number of hydrogen-bond donors (Lipinski definition) is 0. The van der Waals surface area contributed by atoms with Crippen LogP contribution in [-0.2, 0) is 0 Å². The van der Waals surface area contributed by atoms with E-state index in [-0.39, 0.29) is 0 Å². The van der Waals surface area contributed by atoms with Crippen molar-refractivity contribution in [3.8, 4) is 0 Å². The van der Waals surface area contributed by atoms with Crippen molar-refractivity contribution in [1.29, 1.82) is 0 Å². The Morgan fingerprint density at radius 1 is 0.250 bits per heavy atom. The molecule has 0 aromatic heterocycles. The van der Waals surface area contributed by atoms with Crippen molar-refractivity contribution in [2.75, 3.05) is 0 Å². The molecule has 0 N–H and O–H groups in total. The van der Waals surface area contributed by atoms with E-state index in [1.165, 1.54) is 0 Å². The predicted octanol–water partition coefficient (Wildman–Crippen LogP) is 6.11. The van der Waals surface area contributed by atoms with Gasteiger partial charge in [-0.25, -0.2) is 0 Å². The average molecular weight is 464 g/mol. The van der Waals surface area contributed by atoms with E-state index in [9.17, 15) is 79.0 Å². The first-order valence-electron chi connectivity index (χ1n) is 6.11. The van der Waals surface area contributed by atoms with Crippen molar-refractivity contribution >= 4 is 0 Å². The van der Waals surface area contributed by atoms with E-state index in [4.69, 9.17) is 0 Å². The van der Waals surface area contributed by atoms with Crippen LogP contribution in [0.15, 0.2) is 0 Å². The Kier molecular flexibility index (Phi) is 4.83. The molecule has 0 amide bonds. The molecule has 0 nitrogen and oxygen atoms in total. The summed E-state index contributed by atoms with van der Waals surface area (Å²) < 4.78 is 235. The molecule has 1 saturated carbocycles. The number of alkyl halides is 18. The third-order valence-electron chi connectivity index (χ3n) is 3.73. The molecule has 168 valence electrons. The minimum Gasteiger partial charge on any atom is -0.199 e. The lowest BCUT2D eigenvalue weighted by atomic mass is 9.81. The largest absolute Gasteiger partial charge is 0.385 e. The van der Waals surface area contributed by atoms with E-state index in [0.29, 0.717) is 0 Å². The highest BCUT2D eigenvalue weighted by atomic mass is 19.4. The van der Waals surface area contributed by atoms with Gasteiger partial charge in [-0.2, -0.15) is 79.0 Å². The number of halogens is 18. The Hall–Kier alpha value is -1.26. The summed E-state index contributed by atoms with van der Waals surface area (Å²) in [6.45, 7) is 0. The SMILES string of the molecule is FC1(F)CC(F)(F)C(F)(F)C(F)(F)C(F)(F)C(F)(F)C(F)(F)C(F)(F)C1(F)F. The monoisotopic (exact) mass is 464 g/mol. The van der Waals surface area contributed by atoms with Crippen LogP contribution in [0.3, 0.4) is 0 Å². The van der Waals surface area contributed by atoms with Gasteiger partial charge in [-0.15, -0.1) is 0 Å². The van der Waals surface area contributed by atoms with Crippen LogP contribution < -0.4 is 0 Å². The summed E-state index contributed by atoms with van der Waals surface area (Å²) in [4.78, 5) is 0. The molecular formula is C10H2F18. The number of hydrogen-bond acceptors (Lipinski definition) is 0. The molecule has 0 atom stereocenters. The zero-order chi connectivity index (χ0) is 23.2. The van der Waals surface area contributed by atoms with Crippen LogP contribution >= 0.6 is 0 Å². The highest BCUT2D eigenvalue weighted by Gasteiger charge is 2.98. The van der Waals surface area contributed by atoms with E-state index < -0.39 is 59.7 Å². The lowest BCUT2D eigenvalue weighted by Gasteiger charge is -2.47. The Morgan fingerprint density at radius 3 is 0.571 bits per heavy atom. The maximum atomic E-state index is 13.1. The van der Waals surface area contributed by atoms with Crippen LogP contribution in [0.4, 0.5) is 79.0 Å². The van der Waals surface area contributed by atoms with Crippen LogP contribution in [0, 0.1) is 0 Å². The zero-order valence-corrected chi connectivity index (χ0v) is 12.0. The topological polar surface area (TPSA) is 0 Å². The van der Waals surface area contributed by atoms with E-state index >= 15 is 0 Å². The minimum atomic E-state index is -8.65. The molecule has 1 aliphatic carbocycles.